The minimum Gasteiger partial charge on any atom is -0.472 e. The van der Waals surface area contributed by atoms with E-state index in [1.165, 1.54) is 41.5 Å². The molecule has 2 aromatic rings. The first-order chi connectivity index (χ1) is 8.88. The van der Waals surface area contributed by atoms with Crippen molar-refractivity contribution in [3.05, 3.63) is 59.0 Å². The number of rotatable bonds is 4. The van der Waals surface area contributed by atoms with E-state index < -0.39 is 0 Å². The Labute approximate surface area is 108 Å². The first-order valence-corrected chi connectivity index (χ1v) is 6.75. The molecule has 1 aliphatic rings. The van der Waals surface area contributed by atoms with E-state index in [2.05, 4.69) is 30.4 Å². The molecule has 2 nitrogen and oxygen atoms in total. The number of benzene rings is 1. The molecule has 18 heavy (non-hydrogen) atoms. The Bertz CT molecular complexity index is 516. The van der Waals surface area contributed by atoms with Crippen molar-refractivity contribution in [2.45, 2.75) is 32.2 Å². The highest BCUT2D eigenvalue weighted by Gasteiger charge is 2.17. The molecular formula is C16H19NO. The van der Waals surface area contributed by atoms with Crippen LogP contribution in [0.1, 0.15) is 41.6 Å². The van der Waals surface area contributed by atoms with Gasteiger partial charge >= 0.3 is 0 Å². The molecule has 1 atom stereocenters. The van der Waals surface area contributed by atoms with E-state index >= 15 is 0 Å². The third-order valence-electron chi connectivity index (χ3n) is 3.74. The van der Waals surface area contributed by atoms with Gasteiger partial charge in [-0.15, -0.1) is 0 Å². The van der Waals surface area contributed by atoms with Crippen molar-refractivity contribution in [3.8, 4) is 0 Å². The first kappa shape index (κ1) is 11.5. The second-order valence-electron chi connectivity index (χ2n) is 4.93. The summed E-state index contributed by atoms with van der Waals surface area (Å²) in [7, 11) is 0. The molecule has 1 aliphatic carbocycles. The van der Waals surface area contributed by atoms with Crippen molar-refractivity contribution in [2.75, 3.05) is 6.54 Å². The van der Waals surface area contributed by atoms with Gasteiger partial charge in [0, 0.05) is 5.56 Å². The molecule has 94 valence electrons. The predicted octanol–water partition coefficient (Wildman–Crippen LogP) is 3.47. The quantitative estimate of drug-likeness (QED) is 0.886. The van der Waals surface area contributed by atoms with Gasteiger partial charge in [0.25, 0.3) is 0 Å². The maximum atomic E-state index is 5.22. The average Bonchev–Trinajstić information content (AvgIpc) is 3.05. The number of nitrogens with one attached hydrogen (secondary N) is 1. The van der Waals surface area contributed by atoms with Gasteiger partial charge in [0.15, 0.2) is 0 Å². The van der Waals surface area contributed by atoms with Gasteiger partial charge in [-0.2, -0.15) is 0 Å². The highest BCUT2D eigenvalue weighted by Crippen LogP contribution is 2.28. The fourth-order valence-electron chi connectivity index (χ4n) is 2.84. The van der Waals surface area contributed by atoms with Crippen molar-refractivity contribution >= 4 is 0 Å². The lowest BCUT2D eigenvalue weighted by Crippen LogP contribution is -2.21. The van der Waals surface area contributed by atoms with Gasteiger partial charge < -0.3 is 9.73 Å². The summed E-state index contributed by atoms with van der Waals surface area (Å²) in [5, 5.41) is 3.53. The molecule has 0 bridgehead atoms. The third-order valence-corrected chi connectivity index (χ3v) is 3.74. The molecule has 1 heterocycles. The summed E-state index contributed by atoms with van der Waals surface area (Å²) in [5.41, 5.74) is 5.61. The molecule has 0 radical (unpaired) electrons. The van der Waals surface area contributed by atoms with E-state index in [4.69, 9.17) is 4.42 Å². The van der Waals surface area contributed by atoms with Crippen LogP contribution in [-0.2, 0) is 12.8 Å². The summed E-state index contributed by atoms with van der Waals surface area (Å²) in [6, 6.07) is 9.20. The molecule has 1 aromatic heterocycles. The van der Waals surface area contributed by atoms with Crippen LogP contribution >= 0.6 is 0 Å². The SMILES string of the molecule is CCNC(c1ccoc1)c1ccc2c(c1)CCC2. The minimum atomic E-state index is 0.250. The van der Waals surface area contributed by atoms with Crippen LogP contribution < -0.4 is 5.32 Å². The smallest absolute Gasteiger partial charge is 0.0953 e. The van der Waals surface area contributed by atoms with Gasteiger partial charge in [-0.05, 0) is 48.6 Å². The van der Waals surface area contributed by atoms with Crippen LogP contribution in [0.15, 0.2) is 41.2 Å². The zero-order chi connectivity index (χ0) is 12.4. The van der Waals surface area contributed by atoms with E-state index in [0.717, 1.165) is 6.54 Å². The summed E-state index contributed by atoms with van der Waals surface area (Å²) in [6.45, 7) is 3.09. The van der Waals surface area contributed by atoms with Crippen LogP contribution in [0.4, 0.5) is 0 Å². The van der Waals surface area contributed by atoms with Gasteiger partial charge in [0.2, 0.25) is 0 Å². The first-order valence-electron chi connectivity index (χ1n) is 6.75. The lowest BCUT2D eigenvalue weighted by Gasteiger charge is -2.18. The number of hydrogen-bond donors (Lipinski definition) is 1. The Kier molecular flexibility index (Phi) is 3.20. The fraction of sp³-hybridized carbons (Fsp3) is 0.375. The van der Waals surface area contributed by atoms with E-state index in [-0.39, 0.29) is 6.04 Å². The topological polar surface area (TPSA) is 25.2 Å². The van der Waals surface area contributed by atoms with Crippen molar-refractivity contribution in [1.29, 1.82) is 0 Å². The van der Waals surface area contributed by atoms with Crippen LogP contribution in [0, 0.1) is 0 Å². The highest BCUT2D eigenvalue weighted by atomic mass is 16.3. The average molecular weight is 241 g/mol. The maximum absolute atomic E-state index is 5.22. The largest absolute Gasteiger partial charge is 0.472 e. The highest BCUT2D eigenvalue weighted by molar-refractivity contribution is 5.39. The molecule has 1 aromatic carbocycles. The number of fused-ring (bicyclic) bond motifs is 1. The molecule has 0 fully saturated rings. The van der Waals surface area contributed by atoms with Crippen LogP contribution in [0.5, 0.6) is 0 Å². The Morgan fingerprint density at radius 2 is 2.06 bits per heavy atom. The van der Waals surface area contributed by atoms with E-state index in [1.54, 1.807) is 6.26 Å². The molecule has 0 saturated heterocycles. The summed E-state index contributed by atoms with van der Waals surface area (Å²) in [4.78, 5) is 0. The molecule has 1 unspecified atom stereocenters. The van der Waals surface area contributed by atoms with E-state index in [1.807, 2.05) is 12.3 Å². The number of furan rings is 1. The van der Waals surface area contributed by atoms with Gasteiger partial charge in [0.1, 0.15) is 0 Å². The Morgan fingerprint density at radius 1 is 1.17 bits per heavy atom. The van der Waals surface area contributed by atoms with Crippen molar-refractivity contribution < 1.29 is 4.42 Å². The Morgan fingerprint density at radius 3 is 2.83 bits per heavy atom. The molecule has 0 saturated carbocycles. The zero-order valence-electron chi connectivity index (χ0n) is 10.8. The number of aryl methyl sites for hydroxylation is 2. The molecular weight excluding hydrogens is 222 g/mol. The molecule has 0 aliphatic heterocycles. The predicted molar refractivity (Wildman–Crippen MR) is 72.7 cm³/mol. The second kappa shape index (κ2) is 4.99. The molecule has 3 rings (SSSR count). The molecule has 2 heteroatoms. The maximum Gasteiger partial charge on any atom is 0.0953 e. The number of hydrogen-bond acceptors (Lipinski definition) is 2. The standard InChI is InChI=1S/C16H19NO/c1-2-17-16(15-8-9-18-11-15)14-7-6-12-4-3-5-13(12)10-14/h6-11,16-17H,2-5H2,1H3. The fourth-order valence-corrected chi connectivity index (χ4v) is 2.84. The van der Waals surface area contributed by atoms with Crippen LogP contribution in [0.3, 0.4) is 0 Å². The zero-order valence-corrected chi connectivity index (χ0v) is 10.8. The summed E-state index contributed by atoms with van der Waals surface area (Å²) >= 11 is 0. The summed E-state index contributed by atoms with van der Waals surface area (Å²) in [5.74, 6) is 0. The lowest BCUT2D eigenvalue weighted by molar-refractivity contribution is 0.553. The Hall–Kier alpha value is -1.54. The van der Waals surface area contributed by atoms with Crippen molar-refractivity contribution in [3.63, 3.8) is 0 Å². The van der Waals surface area contributed by atoms with Crippen LogP contribution in [0.2, 0.25) is 0 Å². The van der Waals surface area contributed by atoms with Gasteiger partial charge in [0.05, 0.1) is 18.6 Å². The second-order valence-corrected chi connectivity index (χ2v) is 4.93. The van der Waals surface area contributed by atoms with E-state index in [9.17, 15) is 0 Å². The normalized spacial score (nSPS) is 15.6. The minimum absolute atomic E-state index is 0.250. The molecule has 0 amide bonds. The molecule has 0 spiro atoms. The summed E-state index contributed by atoms with van der Waals surface area (Å²) < 4.78 is 5.22. The van der Waals surface area contributed by atoms with Gasteiger partial charge in [-0.1, -0.05) is 25.1 Å². The van der Waals surface area contributed by atoms with Gasteiger partial charge in [-0.25, -0.2) is 0 Å². The van der Waals surface area contributed by atoms with Gasteiger partial charge in [-0.3, -0.25) is 0 Å². The van der Waals surface area contributed by atoms with Crippen molar-refractivity contribution in [1.82, 2.24) is 5.32 Å². The van der Waals surface area contributed by atoms with Crippen molar-refractivity contribution in [2.24, 2.45) is 0 Å². The molecule has 1 N–H and O–H groups in total. The summed E-state index contributed by atoms with van der Waals surface area (Å²) in [6.07, 6.45) is 7.35. The van der Waals surface area contributed by atoms with Crippen LogP contribution in [0.25, 0.3) is 0 Å². The Balaban J connectivity index is 1.95. The van der Waals surface area contributed by atoms with Crippen LogP contribution in [-0.4, -0.2) is 6.54 Å². The lowest BCUT2D eigenvalue weighted by atomic mass is 9.97. The van der Waals surface area contributed by atoms with E-state index in [0.29, 0.717) is 0 Å². The third kappa shape index (κ3) is 2.08. The monoisotopic (exact) mass is 241 g/mol.